The predicted molar refractivity (Wildman–Crippen MR) is 83.9 cm³/mol. The first-order valence-electron chi connectivity index (χ1n) is 6.65. The Morgan fingerprint density at radius 2 is 2.15 bits per heavy atom. The highest BCUT2D eigenvalue weighted by Crippen LogP contribution is 2.12. The number of nitrogens with two attached hydrogens (primary N) is 1. The van der Waals surface area contributed by atoms with E-state index in [0.717, 1.165) is 6.54 Å². The van der Waals surface area contributed by atoms with Gasteiger partial charge in [-0.2, -0.15) is 0 Å². The minimum atomic E-state index is -0.217. The topological polar surface area (TPSA) is 84.1 Å². The zero-order valence-electron chi connectivity index (χ0n) is 12.1. The number of amides is 1. The van der Waals surface area contributed by atoms with Crippen LogP contribution in [0, 0.1) is 5.92 Å². The molecule has 0 aromatic carbocycles. The van der Waals surface area contributed by atoms with Gasteiger partial charge in [0.05, 0.1) is 4.99 Å². The van der Waals surface area contributed by atoms with Gasteiger partial charge in [0.1, 0.15) is 0 Å². The van der Waals surface area contributed by atoms with E-state index in [1.54, 1.807) is 12.1 Å². The molecule has 1 aromatic rings. The number of anilines is 1. The van der Waals surface area contributed by atoms with E-state index in [1.807, 2.05) is 25.7 Å². The lowest BCUT2D eigenvalue weighted by Gasteiger charge is -2.24. The molecule has 3 N–H and O–H groups in total. The summed E-state index contributed by atoms with van der Waals surface area (Å²) >= 11 is 4.98. The summed E-state index contributed by atoms with van der Waals surface area (Å²) in [6.45, 7) is 7.86. The fourth-order valence-electron chi connectivity index (χ4n) is 1.67. The summed E-state index contributed by atoms with van der Waals surface area (Å²) in [5, 5.41) is 10.7. The van der Waals surface area contributed by atoms with Crippen LogP contribution in [0.5, 0.6) is 0 Å². The second kappa shape index (κ2) is 7.74. The van der Waals surface area contributed by atoms with Gasteiger partial charge in [0.15, 0.2) is 11.5 Å². The Labute approximate surface area is 124 Å². The highest BCUT2D eigenvalue weighted by atomic mass is 32.1. The molecule has 0 aliphatic heterocycles. The summed E-state index contributed by atoms with van der Waals surface area (Å²) < 4.78 is 0. The third-order valence-corrected chi connectivity index (χ3v) is 3.31. The molecule has 0 radical (unpaired) electrons. The highest BCUT2D eigenvalue weighted by Gasteiger charge is 2.14. The molecule has 1 aromatic heterocycles. The highest BCUT2D eigenvalue weighted by molar-refractivity contribution is 7.80. The second-order valence-electron chi connectivity index (χ2n) is 4.48. The molecule has 1 unspecified atom stereocenters. The Morgan fingerprint density at radius 1 is 1.45 bits per heavy atom. The molecule has 110 valence electrons. The van der Waals surface area contributed by atoms with E-state index in [-0.39, 0.29) is 11.8 Å². The third kappa shape index (κ3) is 4.41. The standard InChI is InChI=1S/C13H21N5OS/c1-4-15-13(19)10-6-7-11(17-16-10)18(5-2)8-9(3)12(14)20/h6-7,9H,4-5,8H2,1-3H3,(H2,14,20)(H,15,19). The molecule has 7 heteroatoms. The van der Waals surface area contributed by atoms with Crippen LogP contribution in [0.25, 0.3) is 0 Å². The SMILES string of the molecule is CCNC(=O)c1ccc(N(CC)CC(C)C(N)=S)nn1. The van der Waals surface area contributed by atoms with Crippen LogP contribution >= 0.6 is 12.2 Å². The number of carbonyl (C=O) groups excluding carboxylic acids is 1. The van der Waals surface area contributed by atoms with Crippen molar-refractivity contribution in [1.82, 2.24) is 15.5 Å². The Morgan fingerprint density at radius 3 is 2.60 bits per heavy atom. The minimum absolute atomic E-state index is 0.0924. The number of rotatable bonds is 7. The fraction of sp³-hybridized carbons (Fsp3) is 0.538. The van der Waals surface area contributed by atoms with Crippen molar-refractivity contribution < 1.29 is 4.79 Å². The van der Waals surface area contributed by atoms with Gasteiger partial charge in [0.2, 0.25) is 0 Å². The van der Waals surface area contributed by atoms with Gasteiger partial charge in [-0.05, 0) is 26.0 Å². The molecule has 0 spiro atoms. The number of hydrogen-bond acceptors (Lipinski definition) is 5. The van der Waals surface area contributed by atoms with Crippen molar-refractivity contribution in [2.45, 2.75) is 20.8 Å². The first-order chi connectivity index (χ1) is 9.49. The summed E-state index contributed by atoms with van der Waals surface area (Å²) in [4.78, 5) is 14.1. The Hall–Kier alpha value is -1.76. The molecular formula is C13H21N5OS. The summed E-state index contributed by atoms with van der Waals surface area (Å²) in [7, 11) is 0. The largest absolute Gasteiger partial charge is 0.393 e. The number of hydrogen-bond donors (Lipinski definition) is 2. The molecule has 6 nitrogen and oxygen atoms in total. The zero-order chi connectivity index (χ0) is 15.1. The van der Waals surface area contributed by atoms with E-state index in [1.165, 1.54) is 0 Å². The third-order valence-electron chi connectivity index (χ3n) is 2.91. The van der Waals surface area contributed by atoms with Crippen LogP contribution in [0.1, 0.15) is 31.3 Å². The second-order valence-corrected chi connectivity index (χ2v) is 4.95. The average molecular weight is 295 g/mol. The lowest BCUT2D eigenvalue weighted by molar-refractivity contribution is 0.0950. The van der Waals surface area contributed by atoms with Crippen molar-refractivity contribution >= 4 is 28.9 Å². The van der Waals surface area contributed by atoms with Crippen LogP contribution in [-0.4, -0.2) is 40.7 Å². The van der Waals surface area contributed by atoms with Gasteiger partial charge in [-0.3, -0.25) is 4.79 Å². The molecular weight excluding hydrogens is 274 g/mol. The molecule has 1 heterocycles. The van der Waals surface area contributed by atoms with E-state index in [9.17, 15) is 4.79 Å². The maximum Gasteiger partial charge on any atom is 0.271 e. The van der Waals surface area contributed by atoms with E-state index in [2.05, 4.69) is 15.5 Å². The number of nitrogens with one attached hydrogen (secondary N) is 1. The van der Waals surface area contributed by atoms with Gasteiger partial charge >= 0.3 is 0 Å². The molecule has 20 heavy (non-hydrogen) atoms. The van der Waals surface area contributed by atoms with Crippen LogP contribution in [0.15, 0.2) is 12.1 Å². The van der Waals surface area contributed by atoms with E-state index < -0.39 is 0 Å². The summed E-state index contributed by atoms with van der Waals surface area (Å²) in [6.07, 6.45) is 0. The lowest BCUT2D eigenvalue weighted by atomic mass is 10.1. The average Bonchev–Trinajstić information content (AvgIpc) is 2.44. The number of aromatic nitrogens is 2. The predicted octanol–water partition coefficient (Wildman–Crippen LogP) is 0.975. The van der Waals surface area contributed by atoms with Gasteiger partial charge in [-0.25, -0.2) is 0 Å². The van der Waals surface area contributed by atoms with E-state index in [4.69, 9.17) is 18.0 Å². The van der Waals surface area contributed by atoms with Gasteiger partial charge in [0.25, 0.3) is 5.91 Å². The van der Waals surface area contributed by atoms with Crippen molar-refractivity contribution in [1.29, 1.82) is 0 Å². The molecule has 0 saturated carbocycles. The fourth-order valence-corrected chi connectivity index (χ4v) is 1.75. The Kier molecular flexibility index (Phi) is 6.30. The van der Waals surface area contributed by atoms with Gasteiger partial charge in [-0.1, -0.05) is 19.1 Å². The van der Waals surface area contributed by atoms with Gasteiger partial charge < -0.3 is 16.0 Å². The Bertz CT molecular complexity index is 462. The maximum atomic E-state index is 11.6. The van der Waals surface area contributed by atoms with Crippen molar-refractivity contribution in [3.05, 3.63) is 17.8 Å². The molecule has 0 bridgehead atoms. The van der Waals surface area contributed by atoms with Crippen LogP contribution in [0.3, 0.4) is 0 Å². The first kappa shape index (κ1) is 16.3. The quantitative estimate of drug-likeness (QED) is 0.729. The summed E-state index contributed by atoms with van der Waals surface area (Å²) in [5.41, 5.74) is 5.94. The molecule has 0 aliphatic rings. The minimum Gasteiger partial charge on any atom is -0.393 e. The number of thiocarbonyl (C=S) groups is 1. The first-order valence-corrected chi connectivity index (χ1v) is 7.06. The van der Waals surface area contributed by atoms with E-state index >= 15 is 0 Å². The molecule has 0 fully saturated rings. The number of carbonyl (C=O) groups is 1. The maximum absolute atomic E-state index is 11.6. The van der Waals surface area contributed by atoms with E-state index in [0.29, 0.717) is 29.6 Å². The lowest BCUT2D eigenvalue weighted by Crippen LogP contribution is -2.34. The Balaban J connectivity index is 2.79. The van der Waals surface area contributed by atoms with Gasteiger partial charge in [0, 0.05) is 25.6 Å². The van der Waals surface area contributed by atoms with Crippen LogP contribution in [0.2, 0.25) is 0 Å². The monoisotopic (exact) mass is 295 g/mol. The zero-order valence-corrected chi connectivity index (χ0v) is 12.9. The van der Waals surface area contributed by atoms with Crippen molar-refractivity contribution in [2.24, 2.45) is 11.7 Å². The summed E-state index contributed by atoms with van der Waals surface area (Å²) in [6, 6.07) is 3.45. The summed E-state index contributed by atoms with van der Waals surface area (Å²) in [5.74, 6) is 0.588. The molecule has 1 rings (SSSR count). The molecule has 1 atom stereocenters. The number of nitrogens with zero attached hydrogens (tertiary/aromatic N) is 3. The van der Waals surface area contributed by atoms with Gasteiger partial charge in [-0.15, -0.1) is 10.2 Å². The van der Waals surface area contributed by atoms with Crippen LogP contribution in [-0.2, 0) is 0 Å². The molecule has 0 saturated heterocycles. The van der Waals surface area contributed by atoms with Crippen molar-refractivity contribution in [2.75, 3.05) is 24.5 Å². The smallest absolute Gasteiger partial charge is 0.271 e. The van der Waals surface area contributed by atoms with Crippen LogP contribution in [0.4, 0.5) is 5.82 Å². The van der Waals surface area contributed by atoms with Crippen molar-refractivity contribution in [3.8, 4) is 0 Å². The normalized spacial score (nSPS) is 11.8. The molecule has 0 aliphatic carbocycles. The van der Waals surface area contributed by atoms with Crippen LogP contribution < -0.4 is 16.0 Å². The molecule has 1 amide bonds. The van der Waals surface area contributed by atoms with Crippen molar-refractivity contribution in [3.63, 3.8) is 0 Å².